The van der Waals surface area contributed by atoms with Crippen molar-refractivity contribution in [2.24, 2.45) is 0 Å². The molecule has 0 bridgehead atoms. The van der Waals surface area contributed by atoms with Crippen LogP contribution in [0.2, 0.25) is 0 Å². The van der Waals surface area contributed by atoms with Crippen LogP contribution in [0.1, 0.15) is 43.1 Å². The van der Waals surface area contributed by atoms with Gasteiger partial charge in [0.25, 0.3) is 0 Å². The minimum atomic E-state index is -1.04. The Bertz CT molecular complexity index is 1480. The molecule has 0 fully saturated rings. The lowest BCUT2D eigenvalue weighted by Crippen LogP contribution is -2.06. The highest BCUT2D eigenvalue weighted by Gasteiger charge is 2.25. The molecule has 4 rings (SSSR count). The first-order chi connectivity index (χ1) is 16.5. The van der Waals surface area contributed by atoms with E-state index in [1.165, 1.54) is 35.6 Å². The summed E-state index contributed by atoms with van der Waals surface area (Å²) in [7, 11) is 0. The van der Waals surface area contributed by atoms with Crippen molar-refractivity contribution in [3.05, 3.63) is 92.6 Å². The van der Waals surface area contributed by atoms with Gasteiger partial charge in [0.05, 0.1) is 0 Å². The molecule has 0 saturated heterocycles. The number of aromatic hydroxyl groups is 1. The Hall–Kier alpha value is -3.97. The molecule has 4 aromatic rings. The number of carboxylic acid groups (broad SMARTS) is 1. The number of thiophene rings is 1. The number of aryl methyl sites for hydroxylation is 4. The van der Waals surface area contributed by atoms with Gasteiger partial charge in [0.2, 0.25) is 5.78 Å². The van der Waals surface area contributed by atoms with Crippen LogP contribution in [0.3, 0.4) is 0 Å². The Morgan fingerprint density at radius 2 is 1.57 bits per heavy atom. The van der Waals surface area contributed by atoms with Crippen molar-refractivity contribution in [2.45, 2.75) is 27.7 Å². The van der Waals surface area contributed by atoms with E-state index in [2.05, 4.69) is 0 Å². The number of ether oxygens (including phenoxy) is 1. The molecule has 2 N–H and O–H groups in total. The highest BCUT2D eigenvalue weighted by atomic mass is 32.1. The Balaban J connectivity index is 1.85. The third kappa shape index (κ3) is 4.81. The van der Waals surface area contributed by atoms with Gasteiger partial charge < -0.3 is 14.9 Å². The smallest absolute Gasteiger partial charge is 0.328 e. The summed E-state index contributed by atoms with van der Waals surface area (Å²) in [6.45, 7) is 7.09. The third-order valence-corrected chi connectivity index (χ3v) is 6.87. The summed E-state index contributed by atoms with van der Waals surface area (Å²) in [6, 6.07) is 11.0. The zero-order valence-corrected chi connectivity index (χ0v) is 20.4. The van der Waals surface area contributed by atoms with E-state index in [0.717, 1.165) is 22.8 Å². The van der Waals surface area contributed by atoms with Gasteiger partial charge in [-0.1, -0.05) is 0 Å². The Morgan fingerprint density at radius 3 is 2.17 bits per heavy atom. The lowest BCUT2D eigenvalue weighted by molar-refractivity contribution is -0.131. The van der Waals surface area contributed by atoms with Gasteiger partial charge in [-0.15, -0.1) is 11.3 Å². The van der Waals surface area contributed by atoms with Gasteiger partial charge >= 0.3 is 5.97 Å². The number of hydrogen-bond acceptors (Lipinski definition) is 5. The maximum atomic E-state index is 13.9. The van der Waals surface area contributed by atoms with Gasteiger partial charge in [0.15, 0.2) is 5.75 Å². The third-order valence-electron chi connectivity index (χ3n) is 5.74. The first-order valence-corrected chi connectivity index (χ1v) is 11.6. The second-order valence-electron chi connectivity index (χ2n) is 8.43. The standard InChI is InChI=1S/C28H23FO5S/c1-14-11-20(12-15(2)21(14)7-8-24(31)32)34-27-22-6-5-19(30)13-23(22)35-28(27)26(33)25-16(3)9-18(29)10-17(25)4/h5-13,30H,1-4H3,(H,31,32)/b8-7+. The minimum Gasteiger partial charge on any atom is -0.508 e. The summed E-state index contributed by atoms with van der Waals surface area (Å²) in [6.07, 6.45) is 2.62. The maximum absolute atomic E-state index is 13.9. The molecule has 0 aliphatic carbocycles. The van der Waals surface area contributed by atoms with Crippen LogP contribution in [0, 0.1) is 33.5 Å². The van der Waals surface area contributed by atoms with Crippen LogP contribution in [0.25, 0.3) is 16.2 Å². The lowest BCUT2D eigenvalue weighted by atomic mass is 9.97. The fourth-order valence-corrected chi connectivity index (χ4v) is 5.33. The number of benzene rings is 3. The number of hydrogen-bond donors (Lipinski definition) is 2. The number of aliphatic carboxylic acids is 1. The number of phenolic OH excluding ortho intramolecular Hbond substituents is 1. The molecule has 3 aromatic carbocycles. The highest BCUT2D eigenvalue weighted by Crippen LogP contribution is 2.43. The lowest BCUT2D eigenvalue weighted by Gasteiger charge is -2.13. The summed E-state index contributed by atoms with van der Waals surface area (Å²) in [5.74, 6) is -0.818. The number of carbonyl (C=O) groups excluding carboxylic acids is 1. The van der Waals surface area contributed by atoms with Crippen LogP contribution < -0.4 is 4.74 Å². The molecule has 0 spiro atoms. The molecule has 1 heterocycles. The van der Waals surface area contributed by atoms with Crippen molar-refractivity contribution in [3.8, 4) is 17.2 Å². The number of phenols is 1. The summed E-state index contributed by atoms with van der Waals surface area (Å²) < 4.78 is 20.8. The normalized spacial score (nSPS) is 11.3. The van der Waals surface area contributed by atoms with E-state index in [1.807, 2.05) is 13.8 Å². The van der Waals surface area contributed by atoms with E-state index in [4.69, 9.17) is 9.84 Å². The number of rotatable bonds is 6. The Morgan fingerprint density at radius 1 is 0.943 bits per heavy atom. The van der Waals surface area contributed by atoms with E-state index in [-0.39, 0.29) is 11.5 Å². The van der Waals surface area contributed by atoms with E-state index in [1.54, 1.807) is 38.1 Å². The largest absolute Gasteiger partial charge is 0.508 e. The average Bonchev–Trinajstić information content (AvgIpc) is 3.09. The second kappa shape index (κ2) is 9.35. The minimum absolute atomic E-state index is 0.0692. The van der Waals surface area contributed by atoms with Gasteiger partial charge in [-0.2, -0.15) is 0 Å². The molecule has 35 heavy (non-hydrogen) atoms. The predicted octanol–water partition coefficient (Wildman–Crippen LogP) is 7.10. The molecule has 0 amide bonds. The van der Waals surface area contributed by atoms with Gasteiger partial charge in [-0.25, -0.2) is 9.18 Å². The van der Waals surface area contributed by atoms with Gasteiger partial charge in [-0.3, -0.25) is 4.79 Å². The van der Waals surface area contributed by atoms with E-state index >= 15 is 0 Å². The van der Waals surface area contributed by atoms with Gasteiger partial charge in [0.1, 0.15) is 22.2 Å². The molecule has 1 aromatic heterocycles. The van der Waals surface area contributed by atoms with Crippen molar-refractivity contribution in [2.75, 3.05) is 0 Å². The summed E-state index contributed by atoms with van der Waals surface area (Å²) in [4.78, 5) is 24.9. The van der Waals surface area contributed by atoms with Crippen LogP contribution in [0.5, 0.6) is 17.2 Å². The molecule has 0 unspecified atom stereocenters. The molecule has 0 aliphatic rings. The van der Waals surface area contributed by atoms with Crippen molar-refractivity contribution in [1.29, 1.82) is 0 Å². The Labute approximate surface area is 205 Å². The fraction of sp³-hybridized carbons (Fsp3) is 0.143. The van der Waals surface area contributed by atoms with E-state index in [9.17, 15) is 19.1 Å². The molecule has 5 nitrogen and oxygen atoms in total. The van der Waals surface area contributed by atoms with Crippen molar-refractivity contribution >= 4 is 39.3 Å². The first kappa shape index (κ1) is 24.2. The average molecular weight is 491 g/mol. The first-order valence-electron chi connectivity index (χ1n) is 10.8. The molecule has 0 radical (unpaired) electrons. The molecule has 0 saturated carbocycles. The topological polar surface area (TPSA) is 83.8 Å². The Kier molecular flexibility index (Phi) is 6.45. The molecular weight excluding hydrogens is 467 g/mol. The highest BCUT2D eigenvalue weighted by molar-refractivity contribution is 7.21. The monoisotopic (exact) mass is 490 g/mol. The zero-order chi connectivity index (χ0) is 25.4. The summed E-state index contributed by atoms with van der Waals surface area (Å²) >= 11 is 1.20. The number of carboxylic acids is 1. The quantitative estimate of drug-likeness (QED) is 0.222. The predicted molar refractivity (Wildman–Crippen MR) is 135 cm³/mol. The molecule has 178 valence electrons. The summed E-state index contributed by atoms with van der Waals surface area (Å²) in [5.41, 5.74) is 3.86. The summed E-state index contributed by atoms with van der Waals surface area (Å²) in [5, 5.41) is 19.6. The van der Waals surface area contributed by atoms with Gasteiger partial charge in [-0.05, 0) is 104 Å². The van der Waals surface area contributed by atoms with Crippen molar-refractivity contribution < 1.29 is 28.9 Å². The SMILES string of the molecule is Cc1cc(Oc2c(C(=O)c3c(C)cc(F)cc3C)sc3cc(O)ccc23)cc(C)c1/C=C/C(=O)O. The molecule has 0 atom stereocenters. The van der Waals surface area contributed by atoms with Crippen LogP contribution in [0.4, 0.5) is 4.39 Å². The molecule has 0 aliphatic heterocycles. The zero-order valence-electron chi connectivity index (χ0n) is 19.6. The second-order valence-corrected chi connectivity index (χ2v) is 9.48. The number of halogens is 1. The van der Waals surface area contributed by atoms with Crippen molar-refractivity contribution in [1.82, 2.24) is 0 Å². The van der Waals surface area contributed by atoms with Gasteiger partial charge in [0, 0.05) is 21.7 Å². The number of ketones is 1. The maximum Gasteiger partial charge on any atom is 0.328 e. The number of carbonyl (C=O) groups is 2. The molecule has 7 heteroatoms. The fourth-order valence-electron chi connectivity index (χ4n) is 4.22. The number of fused-ring (bicyclic) bond motifs is 1. The van der Waals surface area contributed by atoms with Crippen LogP contribution in [0.15, 0.2) is 48.5 Å². The van der Waals surface area contributed by atoms with Crippen molar-refractivity contribution in [3.63, 3.8) is 0 Å². The van der Waals surface area contributed by atoms with Crippen LogP contribution in [-0.4, -0.2) is 22.0 Å². The van der Waals surface area contributed by atoms with E-state index < -0.39 is 11.8 Å². The molecular formula is C28H23FO5S. The van der Waals surface area contributed by atoms with Crippen LogP contribution >= 0.6 is 11.3 Å². The van der Waals surface area contributed by atoms with Crippen LogP contribution in [-0.2, 0) is 4.79 Å². The van der Waals surface area contributed by atoms with E-state index in [0.29, 0.717) is 43.2 Å².